The molecule has 0 heterocycles. The topological polar surface area (TPSA) is 49.4 Å². The Morgan fingerprint density at radius 2 is 2.06 bits per heavy atom. The van der Waals surface area contributed by atoms with Crippen molar-refractivity contribution in [3.05, 3.63) is 0 Å². The number of hydrogen-bond acceptors (Lipinski definition) is 3. The SMILES string of the molecule is CCC(C)CN(C)S(=O)(=O)CCNC1CC1. The molecule has 1 rings (SSSR count). The van der Waals surface area contributed by atoms with Crippen LogP contribution in [-0.4, -0.2) is 44.7 Å². The van der Waals surface area contributed by atoms with Gasteiger partial charge in [0.25, 0.3) is 0 Å². The van der Waals surface area contributed by atoms with Crippen LogP contribution in [0.15, 0.2) is 0 Å². The zero-order valence-electron chi connectivity index (χ0n) is 10.6. The first-order valence-corrected chi connectivity index (χ1v) is 7.74. The summed E-state index contributed by atoms with van der Waals surface area (Å²) < 4.78 is 25.2. The smallest absolute Gasteiger partial charge is 0.215 e. The van der Waals surface area contributed by atoms with E-state index in [9.17, 15) is 8.42 Å². The van der Waals surface area contributed by atoms with E-state index >= 15 is 0 Å². The summed E-state index contributed by atoms with van der Waals surface area (Å²) in [5.74, 6) is 0.646. The number of rotatable bonds is 8. The van der Waals surface area contributed by atoms with Crippen LogP contribution in [0.3, 0.4) is 0 Å². The van der Waals surface area contributed by atoms with Gasteiger partial charge in [-0.2, -0.15) is 0 Å². The van der Waals surface area contributed by atoms with Crippen molar-refractivity contribution in [2.24, 2.45) is 5.92 Å². The molecule has 0 bridgehead atoms. The van der Waals surface area contributed by atoms with Gasteiger partial charge in [-0.1, -0.05) is 20.3 Å². The molecule has 1 aliphatic rings. The number of nitrogens with zero attached hydrogens (tertiary/aromatic N) is 1. The molecule has 1 fully saturated rings. The van der Waals surface area contributed by atoms with Gasteiger partial charge in [0.15, 0.2) is 0 Å². The van der Waals surface area contributed by atoms with Crippen LogP contribution in [0.2, 0.25) is 0 Å². The lowest BCUT2D eigenvalue weighted by molar-refractivity contribution is 0.393. The lowest BCUT2D eigenvalue weighted by Crippen LogP contribution is -2.36. The lowest BCUT2D eigenvalue weighted by atomic mass is 10.1. The maximum Gasteiger partial charge on any atom is 0.215 e. The van der Waals surface area contributed by atoms with Crippen LogP contribution in [-0.2, 0) is 10.0 Å². The molecular formula is C11H24N2O2S. The van der Waals surface area contributed by atoms with E-state index in [2.05, 4.69) is 19.2 Å². The fourth-order valence-electron chi connectivity index (χ4n) is 1.52. The summed E-state index contributed by atoms with van der Waals surface area (Å²) in [5.41, 5.74) is 0. The van der Waals surface area contributed by atoms with E-state index in [0.717, 1.165) is 6.42 Å². The summed E-state index contributed by atoms with van der Waals surface area (Å²) in [6.45, 7) is 5.37. The van der Waals surface area contributed by atoms with Gasteiger partial charge in [-0.15, -0.1) is 0 Å². The maximum atomic E-state index is 11.9. The molecule has 1 atom stereocenters. The van der Waals surface area contributed by atoms with Crippen LogP contribution < -0.4 is 5.32 Å². The summed E-state index contributed by atoms with van der Waals surface area (Å²) in [5, 5.41) is 3.23. The van der Waals surface area contributed by atoms with Gasteiger partial charge < -0.3 is 5.32 Å². The number of sulfonamides is 1. The molecule has 16 heavy (non-hydrogen) atoms. The molecule has 1 aliphatic carbocycles. The van der Waals surface area contributed by atoms with E-state index in [1.54, 1.807) is 7.05 Å². The van der Waals surface area contributed by atoms with Crippen molar-refractivity contribution in [2.45, 2.75) is 39.2 Å². The van der Waals surface area contributed by atoms with Gasteiger partial charge >= 0.3 is 0 Å². The van der Waals surface area contributed by atoms with Crippen LogP contribution in [0, 0.1) is 5.92 Å². The van der Waals surface area contributed by atoms with Crippen molar-refractivity contribution in [2.75, 3.05) is 25.9 Å². The van der Waals surface area contributed by atoms with E-state index in [-0.39, 0.29) is 5.75 Å². The molecule has 96 valence electrons. The van der Waals surface area contributed by atoms with Gasteiger partial charge in [-0.3, -0.25) is 0 Å². The Morgan fingerprint density at radius 3 is 2.56 bits per heavy atom. The van der Waals surface area contributed by atoms with Crippen LogP contribution >= 0.6 is 0 Å². The Balaban J connectivity index is 2.29. The van der Waals surface area contributed by atoms with Gasteiger partial charge in [0.05, 0.1) is 5.75 Å². The normalized spacial score (nSPS) is 19.0. The molecule has 0 aromatic carbocycles. The molecule has 0 aromatic heterocycles. The molecular weight excluding hydrogens is 224 g/mol. The molecule has 1 unspecified atom stereocenters. The Kier molecular flexibility index (Phi) is 5.21. The summed E-state index contributed by atoms with van der Waals surface area (Å²) in [6.07, 6.45) is 3.41. The second kappa shape index (κ2) is 5.98. The first kappa shape index (κ1) is 13.9. The lowest BCUT2D eigenvalue weighted by Gasteiger charge is -2.20. The second-order valence-corrected chi connectivity index (χ2v) is 7.03. The minimum Gasteiger partial charge on any atom is -0.313 e. The van der Waals surface area contributed by atoms with Crippen LogP contribution in [0.5, 0.6) is 0 Å². The zero-order chi connectivity index (χ0) is 12.2. The van der Waals surface area contributed by atoms with Gasteiger partial charge in [0.2, 0.25) is 10.0 Å². The molecule has 0 aromatic rings. The molecule has 0 saturated heterocycles. The third-order valence-electron chi connectivity index (χ3n) is 3.11. The second-order valence-electron chi connectivity index (χ2n) is 4.84. The molecule has 1 saturated carbocycles. The van der Waals surface area contributed by atoms with Gasteiger partial charge in [0, 0.05) is 26.2 Å². The third-order valence-corrected chi connectivity index (χ3v) is 4.93. The van der Waals surface area contributed by atoms with E-state index in [4.69, 9.17) is 0 Å². The predicted octanol–water partition coefficient (Wildman–Crippen LogP) is 1.05. The zero-order valence-corrected chi connectivity index (χ0v) is 11.4. The summed E-state index contributed by atoms with van der Waals surface area (Å²) >= 11 is 0. The summed E-state index contributed by atoms with van der Waals surface area (Å²) in [6, 6.07) is 0.579. The largest absolute Gasteiger partial charge is 0.313 e. The van der Waals surface area contributed by atoms with Gasteiger partial charge in [-0.05, 0) is 18.8 Å². The van der Waals surface area contributed by atoms with E-state index in [0.29, 0.717) is 25.0 Å². The first-order chi connectivity index (χ1) is 7.45. The maximum absolute atomic E-state index is 11.9. The Morgan fingerprint density at radius 1 is 1.44 bits per heavy atom. The van der Waals surface area contributed by atoms with Crippen molar-refractivity contribution in [3.8, 4) is 0 Å². The highest BCUT2D eigenvalue weighted by Crippen LogP contribution is 2.18. The van der Waals surface area contributed by atoms with E-state index in [1.165, 1.54) is 17.1 Å². The van der Waals surface area contributed by atoms with Crippen LogP contribution in [0.25, 0.3) is 0 Å². The highest BCUT2D eigenvalue weighted by atomic mass is 32.2. The number of hydrogen-bond donors (Lipinski definition) is 1. The highest BCUT2D eigenvalue weighted by molar-refractivity contribution is 7.89. The molecule has 0 radical (unpaired) electrons. The van der Waals surface area contributed by atoms with E-state index in [1.807, 2.05) is 0 Å². The van der Waals surface area contributed by atoms with Crippen molar-refractivity contribution in [1.29, 1.82) is 0 Å². The minimum atomic E-state index is -3.06. The molecule has 0 spiro atoms. The average molecular weight is 248 g/mol. The molecule has 0 amide bonds. The quantitative estimate of drug-likeness (QED) is 0.698. The summed E-state index contributed by atoms with van der Waals surface area (Å²) in [4.78, 5) is 0. The predicted molar refractivity (Wildman–Crippen MR) is 66.9 cm³/mol. The van der Waals surface area contributed by atoms with Crippen LogP contribution in [0.1, 0.15) is 33.1 Å². The van der Waals surface area contributed by atoms with Crippen molar-refractivity contribution < 1.29 is 8.42 Å². The molecule has 0 aliphatic heterocycles. The monoisotopic (exact) mass is 248 g/mol. The Bertz CT molecular complexity index is 299. The fraction of sp³-hybridized carbons (Fsp3) is 1.00. The molecule has 4 nitrogen and oxygen atoms in total. The summed E-state index contributed by atoms with van der Waals surface area (Å²) in [7, 11) is -1.38. The average Bonchev–Trinajstić information content (AvgIpc) is 3.01. The Hall–Kier alpha value is -0.130. The van der Waals surface area contributed by atoms with Gasteiger partial charge in [0.1, 0.15) is 0 Å². The van der Waals surface area contributed by atoms with Crippen LogP contribution in [0.4, 0.5) is 0 Å². The van der Waals surface area contributed by atoms with Crippen molar-refractivity contribution >= 4 is 10.0 Å². The van der Waals surface area contributed by atoms with Crippen molar-refractivity contribution in [3.63, 3.8) is 0 Å². The number of nitrogens with one attached hydrogen (secondary N) is 1. The third kappa shape index (κ3) is 4.80. The van der Waals surface area contributed by atoms with Crippen molar-refractivity contribution in [1.82, 2.24) is 9.62 Å². The minimum absolute atomic E-state index is 0.219. The van der Waals surface area contributed by atoms with E-state index < -0.39 is 10.0 Å². The first-order valence-electron chi connectivity index (χ1n) is 6.13. The van der Waals surface area contributed by atoms with Gasteiger partial charge in [-0.25, -0.2) is 12.7 Å². The fourth-order valence-corrected chi connectivity index (χ4v) is 2.69. The Labute approximate surface area is 99.5 Å². The molecule has 5 heteroatoms. The molecule has 1 N–H and O–H groups in total. The highest BCUT2D eigenvalue weighted by Gasteiger charge is 2.23. The standard InChI is InChI=1S/C11H24N2O2S/c1-4-10(2)9-13(3)16(14,15)8-7-12-11-5-6-11/h10-12H,4-9H2,1-3H3.